The van der Waals surface area contributed by atoms with E-state index in [9.17, 15) is 0 Å². The number of imidazole rings is 1. The van der Waals surface area contributed by atoms with Gasteiger partial charge in [0.15, 0.2) is 5.69 Å². The lowest BCUT2D eigenvalue weighted by atomic mass is 10.1. The minimum atomic E-state index is 0.582. The van der Waals surface area contributed by atoms with Gasteiger partial charge in [-0.05, 0) is 12.8 Å². The van der Waals surface area contributed by atoms with Crippen LogP contribution in [0.1, 0.15) is 88.8 Å². The van der Waals surface area contributed by atoms with Crippen LogP contribution >= 0.6 is 0 Å². The van der Waals surface area contributed by atoms with Gasteiger partial charge in [-0.2, -0.15) is 5.26 Å². The van der Waals surface area contributed by atoms with E-state index in [0.29, 0.717) is 5.69 Å². The Bertz CT molecular complexity index is 401. The predicted molar refractivity (Wildman–Crippen MR) is 83.6 cm³/mol. The van der Waals surface area contributed by atoms with E-state index in [-0.39, 0.29) is 0 Å². The molecule has 0 aliphatic heterocycles. The first-order valence-electron chi connectivity index (χ1n) is 8.29. The van der Waals surface area contributed by atoms with E-state index in [1.807, 2.05) is 0 Å². The third kappa shape index (κ3) is 6.23. The van der Waals surface area contributed by atoms with Gasteiger partial charge >= 0.3 is 0 Å². The fourth-order valence-electron chi connectivity index (χ4n) is 2.53. The number of nitriles is 1. The molecule has 0 amide bonds. The summed E-state index contributed by atoms with van der Waals surface area (Å²) in [4.78, 5) is 7.62. The smallest absolute Gasteiger partial charge is 0.161 e. The van der Waals surface area contributed by atoms with E-state index in [1.165, 1.54) is 57.8 Å². The molecule has 0 atom stereocenters. The van der Waals surface area contributed by atoms with Gasteiger partial charge in [-0.15, -0.1) is 0 Å². The second-order valence-corrected chi connectivity index (χ2v) is 5.55. The fraction of sp³-hybridized carbons (Fsp3) is 0.765. The summed E-state index contributed by atoms with van der Waals surface area (Å²) in [6.07, 6.45) is 13.9. The molecule has 0 aliphatic rings. The van der Waals surface area contributed by atoms with Crippen LogP contribution in [0, 0.1) is 11.3 Å². The molecule has 0 aliphatic carbocycles. The van der Waals surface area contributed by atoms with Crippen LogP contribution in [-0.2, 0) is 12.8 Å². The van der Waals surface area contributed by atoms with Crippen LogP contribution in [0.3, 0.4) is 0 Å². The largest absolute Gasteiger partial charge is 0.345 e. The second kappa shape index (κ2) is 10.5. The number of nitrogens with one attached hydrogen (secondary N) is 1. The van der Waals surface area contributed by atoms with Gasteiger partial charge in [-0.3, -0.25) is 0 Å². The van der Waals surface area contributed by atoms with Gasteiger partial charge in [0.1, 0.15) is 11.9 Å². The molecule has 1 N–H and O–H groups in total. The van der Waals surface area contributed by atoms with E-state index < -0.39 is 0 Å². The third-order valence-corrected chi connectivity index (χ3v) is 3.80. The minimum absolute atomic E-state index is 0.582. The summed E-state index contributed by atoms with van der Waals surface area (Å²) in [6, 6.07) is 2.16. The van der Waals surface area contributed by atoms with Gasteiger partial charge in [0.05, 0.1) is 5.69 Å². The van der Waals surface area contributed by atoms with E-state index in [0.717, 1.165) is 24.4 Å². The highest BCUT2D eigenvalue weighted by Gasteiger charge is 2.07. The molecule has 0 fully saturated rings. The van der Waals surface area contributed by atoms with Gasteiger partial charge in [0, 0.05) is 6.42 Å². The first-order chi connectivity index (χ1) is 9.81. The Morgan fingerprint density at radius 3 is 2.05 bits per heavy atom. The van der Waals surface area contributed by atoms with Gasteiger partial charge in [0.2, 0.25) is 0 Å². The summed E-state index contributed by atoms with van der Waals surface area (Å²) in [7, 11) is 0. The Morgan fingerprint density at radius 2 is 1.55 bits per heavy atom. The van der Waals surface area contributed by atoms with Gasteiger partial charge in [0.25, 0.3) is 0 Å². The lowest BCUT2D eigenvalue weighted by Gasteiger charge is -2.01. The van der Waals surface area contributed by atoms with E-state index >= 15 is 0 Å². The van der Waals surface area contributed by atoms with Crippen molar-refractivity contribution in [3.05, 3.63) is 17.2 Å². The summed E-state index contributed by atoms with van der Waals surface area (Å²) < 4.78 is 0. The SMILES string of the molecule is CCCCCCCCCCCc1nc(C#N)c(CC)[nH]1. The maximum atomic E-state index is 8.96. The minimum Gasteiger partial charge on any atom is -0.345 e. The third-order valence-electron chi connectivity index (χ3n) is 3.80. The molecule has 112 valence electrons. The number of rotatable bonds is 11. The van der Waals surface area contributed by atoms with Crippen molar-refractivity contribution in [2.45, 2.75) is 84.5 Å². The number of hydrogen-bond acceptors (Lipinski definition) is 2. The first-order valence-corrected chi connectivity index (χ1v) is 8.29. The first kappa shape index (κ1) is 16.8. The Morgan fingerprint density at radius 1 is 0.950 bits per heavy atom. The van der Waals surface area contributed by atoms with Crippen LogP contribution in [0.4, 0.5) is 0 Å². The molecule has 0 saturated carbocycles. The number of aromatic nitrogens is 2. The highest BCUT2D eigenvalue weighted by molar-refractivity contribution is 5.27. The lowest BCUT2D eigenvalue weighted by Crippen LogP contribution is -1.89. The van der Waals surface area contributed by atoms with Gasteiger partial charge in [-0.25, -0.2) is 4.98 Å². The van der Waals surface area contributed by atoms with Crippen molar-refractivity contribution in [1.29, 1.82) is 5.26 Å². The maximum absolute atomic E-state index is 8.96. The van der Waals surface area contributed by atoms with Crippen molar-refractivity contribution in [2.24, 2.45) is 0 Å². The highest BCUT2D eigenvalue weighted by atomic mass is 14.9. The summed E-state index contributed by atoms with van der Waals surface area (Å²) in [5.74, 6) is 0.987. The van der Waals surface area contributed by atoms with Crippen molar-refractivity contribution in [3.63, 3.8) is 0 Å². The van der Waals surface area contributed by atoms with E-state index in [4.69, 9.17) is 5.26 Å². The Hall–Kier alpha value is -1.30. The predicted octanol–water partition coefficient (Wildman–Crippen LogP) is 4.92. The van der Waals surface area contributed by atoms with Crippen LogP contribution in [-0.4, -0.2) is 9.97 Å². The lowest BCUT2D eigenvalue weighted by molar-refractivity contribution is 0.562. The van der Waals surface area contributed by atoms with Gasteiger partial charge in [-0.1, -0.05) is 65.2 Å². The molecular weight excluding hydrogens is 246 g/mol. The molecule has 0 saturated heterocycles. The fourth-order valence-corrected chi connectivity index (χ4v) is 2.53. The van der Waals surface area contributed by atoms with Gasteiger partial charge < -0.3 is 4.98 Å². The summed E-state index contributed by atoms with van der Waals surface area (Å²) in [5, 5.41) is 8.96. The maximum Gasteiger partial charge on any atom is 0.161 e. The van der Waals surface area contributed by atoms with E-state index in [1.54, 1.807) is 0 Å². The molecule has 1 rings (SSSR count). The number of hydrogen-bond donors (Lipinski definition) is 1. The molecule has 3 nitrogen and oxygen atoms in total. The van der Waals surface area contributed by atoms with Crippen molar-refractivity contribution in [3.8, 4) is 6.07 Å². The van der Waals surface area contributed by atoms with Crippen molar-refractivity contribution in [1.82, 2.24) is 9.97 Å². The van der Waals surface area contributed by atoms with Crippen molar-refractivity contribution < 1.29 is 0 Å². The average Bonchev–Trinajstić information content (AvgIpc) is 2.88. The van der Waals surface area contributed by atoms with Crippen molar-refractivity contribution >= 4 is 0 Å². The highest BCUT2D eigenvalue weighted by Crippen LogP contribution is 2.12. The zero-order valence-corrected chi connectivity index (χ0v) is 13.2. The summed E-state index contributed by atoms with van der Waals surface area (Å²) in [6.45, 7) is 4.31. The second-order valence-electron chi connectivity index (χ2n) is 5.55. The zero-order valence-electron chi connectivity index (χ0n) is 13.2. The summed E-state index contributed by atoms with van der Waals surface area (Å²) >= 11 is 0. The van der Waals surface area contributed by atoms with Crippen LogP contribution in [0.5, 0.6) is 0 Å². The molecule has 0 bridgehead atoms. The molecule has 3 heteroatoms. The molecule has 1 heterocycles. The normalized spacial score (nSPS) is 10.7. The number of H-pyrrole nitrogens is 1. The monoisotopic (exact) mass is 275 g/mol. The molecule has 1 aromatic heterocycles. The Labute approximate surface area is 123 Å². The van der Waals surface area contributed by atoms with Crippen LogP contribution < -0.4 is 0 Å². The topological polar surface area (TPSA) is 52.5 Å². The number of unbranched alkanes of at least 4 members (excludes halogenated alkanes) is 8. The zero-order chi connectivity index (χ0) is 14.6. The molecule has 0 spiro atoms. The van der Waals surface area contributed by atoms with E-state index in [2.05, 4.69) is 29.9 Å². The molecular formula is C17H29N3. The summed E-state index contributed by atoms with van der Waals surface area (Å²) in [5.41, 5.74) is 1.57. The molecule has 0 radical (unpaired) electrons. The van der Waals surface area contributed by atoms with Crippen molar-refractivity contribution in [2.75, 3.05) is 0 Å². The van der Waals surface area contributed by atoms with Crippen LogP contribution in [0.15, 0.2) is 0 Å². The number of aromatic amines is 1. The molecule has 0 aromatic carbocycles. The van der Waals surface area contributed by atoms with Crippen LogP contribution in [0.25, 0.3) is 0 Å². The molecule has 1 aromatic rings. The number of aryl methyl sites for hydroxylation is 2. The molecule has 0 unspecified atom stereocenters. The average molecular weight is 275 g/mol. The standard InChI is InChI=1S/C17H29N3/c1-3-5-6-7-8-9-10-11-12-13-17-19-15(4-2)16(14-18)20-17/h3-13H2,1-2H3,(H,19,20). The van der Waals surface area contributed by atoms with Crippen LogP contribution in [0.2, 0.25) is 0 Å². The number of nitrogens with zero attached hydrogens (tertiary/aromatic N) is 2. The Balaban J connectivity index is 2.07. The quantitative estimate of drug-likeness (QED) is 0.583. The Kier molecular flexibility index (Phi) is 8.78. The molecule has 20 heavy (non-hydrogen) atoms.